The van der Waals surface area contributed by atoms with Crippen molar-refractivity contribution in [3.63, 3.8) is 0 Å². The normalized spacial score (nSPS) is 18.8. The van der Waals surface area contributed by atoms with Crippen molar-refractivity contribution in [3.8, 4) is 5.75 Å². The number of nitrogens with two attached hydrogens (primary N) is 1. The highest BCUT2D eigenvalue weighted by Crippen LogP contribution is 2.31. The van der Waals surface area contributed by atoms with Gasteiger partial charge in [-0.05, 0) is 23.8 Å². The van der Waals surface area contributed by atoms with Gasteiger partial charge in [0.05, 0.1) is 12.6 Å². The Bertz CT molecular complexity index is 523. The Balaban J connectivity index is 1.98. The summed E-state index contributed by atoms with van der Waals surface area (Å²) in [5.41, 5.74) is 7.43. The van der Waals surface area contributed by atoms with Gasteiger partial charge in [-0.2, -0.15) is 0 Å². The van der Waals surface area contributed by atoms with Crippen LogP contribution in [0.2, 0.25) is 0 Å². The number of fused-ring (bicyclic) bond motifs is 1. The second kappa shape index (κ2) is 7.03. The number of rotatable bonds is 5. The molecule has 3 N–H and O–H groups in total. The predicted octanol–water partition coefficient (Wildman–Crippen LogP) is 3.49. The average Bonchev–Trinajstić information content (AvgIpc) is 2.44. The Kier molecular flexibility index (Phi) is 5.33. The van der Waals surface area contributed by atoms with Crippen LogP contribution in [0, 0.1) is 11.3 Å². The first-order chi connectivity index (χ1) is 10.4. The zero-order valence-corrected chi connectivity index (χ0v) is 14.2. The first kappa shape index (κ1) is 16.7. The van der Waals surface area contributed by atoms with Gasteiger partial charge in [0.15, 0.2) is 5.96 Å². The number of hydrogen-bond acceptors (Lipinski definition) is 2. The van der Waals surface area contributed by atoms with Gasteiger partial charge in [0.2, 0.25) is 0 Å². The number of hydrogen-bond donors (Lipinski definition) is 2. The van der Waals surface area contributed by atoms with Gasteiger partial charge in [0, 0.05) is 18.5 Å². The summed E-state index contributed by atoms with van der Waals surface area (Å²) in [6.07, 6.45) is 2.05. The second-order valence-corrected chi connectivity index (χ2v) is 7.34. The van der Waals surface area contributed by atoms with E-state index >= 15 is 0 Å². The minimum atomic E-state index is 0.175. The third-order valence-corrected chi connectivity index (χ3v) is 3.92. The lowest BCUT2D eigenvalue weighted by Crippen LogP contribution is -2.38. The van der Waals surface area contributed by atoms with Gasteiger partial charge in [0.1, 0.15) is 5.75 Å². The summed E-state index contributed by atoms with van der Waals surface area (Å²) < 4.78 is 5.67. The molecule has 0 bridgehead atoms. The minimum absolute atomic E-state index is 0.175. The molecule has 122 valence electrons. The molecule has 4 heteroatoms. The van der Waals surface area contributed by atoms with Crippen LogP contribution in [0.4, 0.5) is 0 Å². The van der Waals surface area contributed by atoms with E-state index in [2.05, 4.69) is 44.1 Å². The highest BCUT2D eigenvalue weighted by molar-refractivity contribution is 5.78. The Morgan fingerprint density at radius 2 is 2.14 bits per heavy atom. The molecule has 0 amide bonds. The fraction of sp³-hybridized carbons (Fsp3) is 0.611. The topological polar surface area (TPSA) is 59.6 Å². The van der Waals surface area contributed by atoms with Crippen molar-refractivity contribution >= 4 is 5.96 Å². The zero-order valence-electron chi connectivity index (χ0n) is 14.2. The molecular formula is C18H29N3O. The largest absolute Gasteiger partial charge is 0.493 e. The van der Waals surface area contributed by atoms with Gasteiger partial charge in [-0.25, -0.2) is 0 Å². The highest BCUT2D eigenvalue weighted by Gasteiger charge is 2.22. The number of guanidine groups is 1. The van der Waals surface area contributed by atoms with E-state index < -0.39 is 0 Å². The maximum Gasteiger partial charge on any atom is 0.189 e. The maximum atomic E-state index is 6.10. The SMILES string of the molecule is CC(C)CC(C)(C)CN=C(N)NC1CCOc2ccccc21. The fourth-order valence-electron chi connectivity index (χ4n) is 3.19. The summed E-state index contributed by atoms with van der Waals surface area (Å²) in [6.45, 7) is 10.4. The smallest absolute Gasteiger partial charge is 0.189 e. The predicted molar refractivity (Wildman–Crippen MR) is 92.2 cm³/mol. The molecule has 4 nitrogen and oxygen atoms in total. The van der Waals surface area contributed by atoms with Gasteiger partial charge in [0.25, 0.3) is 0 Å². The van der Waals surface area contributed by atoms with Crippen LogP contribution in [-0.4, -0.2) is 19.1 Å². The molecule has 0 saturated carbocycles. The summed E-state index contributed by atoms with van der Waals surface area (Å²) >= 11 is 0. The molecule has 1 aromatic rings. The Labute approximate surface area is 134 Å². The third kappa shape index (κ3) is 4.65. The number of nitrogens with one attached hydrogen (secondary N) is 1. The van der Waals surface area contributed by atoms with Crippen LogP contribution in [0.5, 0.6) is 5.75 Å². The lowest BCUT2D eigenvalue weighted by atomic mass is 9.84. The summed E-state index contributed by atoms with van der Waals surface area (Å²) in [4.78, 5) is 4.56. The number of benzene rings is 1. The molecule has 1 atom stereocenters. The summed E-state index contributed by atoms with van der Waals surface area (Å²) in [6, 6.07) is 8.29. The summed E-state index contributed by atoms with van der Waals surface area (Å²) in [5, 5.41) is 3.35. The van der Waals surface area contributed by atoms with Crippen LogP contribution < -0.4 is 15.8 Å². The zero-order chi connectivity index (χ0) is 16.2. The van der Waals surface area contributed by atoms with E-state index in [1.807, 2.05) is 18.2 Å². The monoisotopic (exact) mass is 303 g/mol. The first-order valence-corrected chi connectivity index (χ1v) is 8.15. The summed E-state index contributed by atoms with van der Waals surface area (Å²) in [7, 11) is 0. The maximum absolute atomic E-state index is 6.10. The summed E-state index contributed by atoms with van der Waals surface area (Å²) in [5.74, 6) is 2.14. The lowest BCUT2D eigenvalue weighted by Gasteiger charge is -2.28. The molecule has 0 spiro atoms. The van der Waals surface area contributed by atoms with Crippen molar-refractivity contribution in [2.75, 3.05) is 13.2 Å². The molecular weight excluding hydrogens is 274 g/mol. The van der Waals surface area contributed by atoms with Crippen LogP contribution in [0.25, 0.3) is 0 Å². The first-order valence-electron chi connectivity index (χ1n) is 8.15. The molecule has 2 rings (SSSR count). The molecule has 1 heterocycles. The van der Waals surface area contributed by atoms with Crippen molar-refractivity contribution in [3.05, 3.63) is 29.8 Å². The fourth-order valence-corrected chi connectivity index (χ4v) is 3.19. The number of ether oxygens (including phenoxy) is 1. The third-order valence-electron chi connectivity index (χ3n) is 3.92. The Hall–Kier alpha value is -1.71. The van der Waals surface area contributed by atoms with Gasteiger partial charge < -0.3 is 15.8 Å². The average molecular weight is 303 g/mol. The van der Waals surface area contributed by atoms with Crippen LogP contribution in [-0.2, 0) is 0 Å². The van der Waals surface area contributed by atoms with E-state index in [9.17, 15) is 0 Å². The molecule has 0 radical (unpaired) electrons. The van der Waals surface area contributed by atoms with Gasteiger partial charge in [-0.1, -0.05) is 45.9 Å². The van der Waals surface area contributed by atoms with E-state index in [1.54, 1.807) is 0 Å². The van der Waals surface area contributed by atoms with Crippen LogP contribution in [0.3, 0.4) is 0 Å². The molecule has 0 aliphatic carbocycles. The number of nitrogens with zero attached hydrogens (tertiary/aromatic N) is 1. The van der Waals surface area contributed by atoms with E-state index in [0.29, 0.717) is 18.5 Å². The molecule has 1 aliphatic rings. The Morgan fingerprint density at radius 1 is 1.41 bits per heavy atom. The molecule has 0 aromatic heterocycles. The van der Waals surface area contributed by atoms with E-state index in [1.165, 1.54) is 0 Å². The standard InChI is InChI=1S/C18H29N3O/c1-13(2)11-18(3,4)12-20-17(19)21-15-9-10-22-16-8-6-5-7-14(15)16/h5-8,13,15H,9-12H2,1-4H3,(H3,19,20,21). The van der Waals surface area contributed by atoms with Gasteiger partial charge in [-0.3, -0.25) is 4.99 Å². The van der Waals surface area contributed by atoms with E-state index in [0.717, 1.165) is 30.7 Å². The van der Waals surface area contributed by atoms with Crippen molar-refractivity contribution in [1.82, 2.24) is 5.32 Å². The van der Waals surface area contributed by atoms with Crippen molar-refractivity contribution in [2.24, 2.45) is 22.1 Å². The Morgan fingerprint density at radius 3 is 2.86 bits per heavy atom. The molecule has 1 aromatic carbocycles. The molecule has 1 aliphatic heterocycles. The van der Waals surface area contributed by atoms with E-state index in [-0.39, 0.29) is 11.5 Å². The quantitative estimate of drug-likeness (QED) is 0.646. The van der Waals surface area contributed by atoms with Crippen LogP contribution in [0.1, 0.15) is 52.1 Å². The van der Waals surface area contributed by atoms with Gasteiger partial charge in [-0.15, -0.1) is 0 Å². The number of aliphatic imine (C=N–C) groups is 1. The van der Waals surface area contributed by atoms with E-state index in [4.69, 9.17) is 10.5 Å². The lowest BCUT2D eigenvalue weighted by molar-refractivity contribution is 0.261. The second-order valence-electron chi connectivity index (χ2n) is 7.34. The molecule has 22 heavy (non-hydrogen) atoms. The van der Waals surface area contributed by atoms with Gasteiger partial charge >= 0.3 is 0 Å². The van der Waals surface area contributed by atoms with Crippen molar-refractivity contribution in [2.45, 2.75) is 46.6 Å². The van der Waals surface area contributed by atoms with Crippen molar-refractivity contribution in [1.29, 1.82) is 0 Å². The van der Waals surface area contributed by atoms with Crippen LogP contribution in [0.15, 0.2) is 29.3 Å². The van der Waals surface area contributed by atoms with Crippen molar-refractivity contribution < 1.29 is 4.74 Å². The molecule has 0 fully saturated rings. The van der Waals surface area contributed by atoms with Crippen LogP contribution >= 0.6 is 0 Å². The highest BCUT2D eigenvalue weighted by atomic mass is 16.5. The molecule has 0 saturated heterocycles. The number of para-hydroxylation sites is 1. The molecule has 1 unspecified atom stereocenters. The minimum Gasteiger partial charge on any atom is -0.493 e.